The van der Waals surface area contributed by atoms with Crippen molar-refractivity contribution in [1.29, 1.82) is 5.41 Å². The van der Waals surface area contributed by atoms with Gasteiger partial charge in [0.25, 0.3) is 0 Å². The molecule has 0 radical (unpaired) electrons. The molecule has 0 aliphatic rings. The fourth-order valence-corrected chi connectivity index (χ4v) is 1.35. The molecule has 86 valence electrons. The highest BCUT2D eigenvalue weighted by Crippen LogP contribution is 2.21. The van der Waals surface area contributed by atoms with Gasteiger partial charge in [-0.3, -0.25) is 10.2 Å². The molecule has 1 rings (SSSR count). The van der Waals surface area contributed by atoms with E-state index in [1.165, 1.54) is 0 Å². The van der Waals surface area contributed by atoms with E-state index in [0.29, 0.717) is 23.5 Å². The third-order valence-corrected chi connectivity index (χ3v) is 2.04. The molecular formula is C11H15N3O2. The molecule has 0 spiro atoms. The number of amidine groups is 1. The molecule has 0 heterocycles. The number of benzene rings is 1. The van der Waals surface area contributed by atoms with Crippen LogP contribution in [-0.4, -0.2) is 18.3 Å². The Labute approximate surface area is 93.9 Å². The predicted octanol–water partition coefficient (Wildman–Crippen LogP) is 0.397. The van der Waals surface area contributed by atoms with E-state index in [4.69, 9.17) is 21.6 Å². The summed E-state index contributed by atoms with van der Waals surface area (Å²) >= 11 is 0. The standard InChI is InChI=1S/C11H15N3O2/c1-2-16-9-5-8(11(13)14)4-3-7(9)6-10(12)15/h3-5H,2,6H2,1H3,(H2,12,15)(H3,13,14). The minimum atomic E-state index is -0.420. The number of nitrogens with one attached hydrogen (secondary N) is 1. The topological polar surface area (TPSA) is 102 Å². The molecular weight excluding hydrogens is 206 g/mol. The van der Waals surface area contributed by atoms with Gasteiger partial charge in [-0.2, -0.15) is 0 Å². The first-order chi connectivity index (χ1) is 7.54. The molecule has 16 heavy (non-hydrogen) atoms. The molecule has 0 saturated carbocycles. The highest BCUT2D eigenvalue weighted by molar-refractivity contribution is 5.95. The van der Waals surface area contributed by atoms with Gasteiger partial charge < -0.3 is 16.2 Å². The van der Waals surface area contributed by atoms with Crippen LogP contribution >= 0.6 is 0 Å². The molecule has 0 saturated heterocycles. The number of hydrogen-bond acceptors (Lipinski definition) is 3. The summed E-state index contributed by atoms with van der Waals surface area (Å²) in [7, 11) is 0. The first-order valence-electron chi connectivity index (χ1n) is 4.93. The average molecular weight is 221 g/mol. The third-order valence-electron chi connectivity index (χ3n) is 2.04. The summed E-state index contributed by atoms with van der Waals surface area (Å²) in [5, 5.41) is 7.31. The van der Waals surface area contributed by atoms with E-state index in [9.17, 15) is 4.79 Å². The molecule has 1 aromatic rings. The lowest BCUT2D eigenvalue weighted by molar-refractivity contribution is -0.117. The van der Waals surface area contributed by atoms with Crippen molar-refractivity contribution in [2.45, 2.75) is 13.3 Å². The number of hydrogen-bond donors (Lipinski definition) is 3. The van der Waals surface area contributed by atoms with E-state index >= 15 is 0 Å². The summed E-state index contributed by atoms with van der Waals surface area (Å²) in [6.45, 7) is 2.32. The summed E-state index contributed by atoms with van der Waals surface area (Å²) in [6.07, 6.45) is 0.119. The van der Waals surface area contributed by atoms with E-state index < -0.39 is 5.91 Å². The Morgan fingerprint density at radius 1 is 1.44 bits per heavy atom. The maximum atomic E-state index is 10.8. The molecule has 0 aliphatic heterocycles. The van der Waals surface area contributed by atoms with Crippen LogP contribution in [0.3, 0.4) is 0 Å². The fourth-order valence-electron chi connectivity index (χ4n) is 1.35. The van der Waals surface area contributed by atoms with Gasteiger partial charge in [-0.05, 0) is 13.0 Å². The summed E-state index contributed by atoms with van der Waals surface area (Å²) in [5.74, 6) is 0.0945. The Hall–Kier alpha value is -2.04. The Kier molecular flexibility index (Phi) is 3.88. The molecule has 1 aromatic carbocycles. The van der Waals surface area contributed by atoms with Crippen LogP contribution in [0.4, 0.5) is 0 Å². The largest absolute Gasteiger partial charge is 0.494 e. The van der Waals surface area contributed by atoms with Gasteiger partial charge in [0.15, 0.2) is 0 Å². The second-order valence-corrected chi connectivity index (χ2v) is 3.31. The molecule has 1 amide bonds. The molecule has 0 aliphatic carbocycles. The Morgan fingerprint density at radius 2 is 2.12 bits per heavy atom. The van der Waals surface area contributed by atoms with E-state index in [0.717, 1.165) is 0 Å². The van der Waals surface area contributed by atoms with Gasteiger partial charge in [0.05, 0.1) is 13.0 Å². The number of primary amides is 1. The SMILES string of the molecule is CCOc1cc(C(=N)N)ccc1CC(N)=O. The van der Waals surface area contributed by atoms with Gasteiger partial charge in [-0.15, -0.1) is 0 Å². The van der Waals surface area contributed by atoms with Crippen LogP contribution in [-0.2, 0) is 11.2 Å². The van der Waals surface area contributed by atoms with Gasteiger partial charge >= 0.3 is 0 Å². The zero-order valence-corrected chi connectivity index (χ0v) is 9.12. The lowest BCUT2D eigenvalue weighted by Crippen LogP contribution is -2.16. The second-order valence-electron chi connectivity index (χ2n) is 3.31. The number of nitrogens with two attached hydrogens (primary N) is 2. The van der Waals surface area contributed by atoms with Crippen LogP contribution in [0.5, 0.6) is 5.75 Å². The molecule has 5 N–H and O–H groups in total. The van der Waals surface area contributed by atoms with E-state index in [1.807, 2.05) is 6.92 Å². The fraction of sp³-hybridized carbons (Fsp3) is 0.273. The predicted molar refractivity (Wildman–Crippen MR) is 61.5 cm³/mol. The van der Waals surface area contributed by atoms with Crippen molar-refractivity contribution in [3.63, 3.8) is 0 Å². The van der Waals surface area contributed by atoms with Gasteiger partial charge in [0.1, 0.15) is 11.6 Å². The molecule has 0 unspecified atom stereocenters. The van der Waals surface area contributed by atoms with E-state index in [1.54, 1.807) is 18.2 Å². The lowest BCUT2D eigenvalue weighted by Gasteiger charge is -2.10. The van der Waals surface area contributed by atoms with Crippen LogP contribution in [0.1, 0.15) is 18.1 Å². The second kappa shape index (κ2) is 5.16. The van der Waals surface area contributed by atoms with Crippen LogP contribution < -0.4 is 16.2 Å². The van der Waals surface area contributed by atoms with Crippen molar-refractivity contribution < 1.29 is 9.53 Å². The molecule has 5 nitrogen and oxygen atoms in total. The summed E-state index contributed by atoms with van der Waals surface area (Å²) in [6, 6.07) is 5.01. The molecule has 0 fully saturated rings. The summed E-state index contributed by atoms with van der Waals surface area (Å²) in [5.41, 5.74) is 11.8. The summed E-state index contributed by atoms with van der Waals surface area (Å²) in [4.78, 5) is 10.8. The van der Waals surface area contributed by atoms with Crippen molar-refractivity contribution >= 4 is 11.7 Å². The van der Waals surface area contributed by atoms with Gasteiger partial charge in [0, 0.05) is 11.1 Å². The van der Waals surface area contributed by atoms with Crippen LogP contribution in [0.25, 0.3) is 0 Å². The minimum Gasteiger partial charge on any atom is -0.494 e. The summed E-state index contributed by atoms with van der Waals surface area (Å²) < 4.78 is 5.37. The Balaban J connectivity index is 3.08. The third kappa shape index (κ3) is 2.98. The van der Waals surface area contributed by atoms with Crippen LogP contribution in [0.2, 0.25) is 0 Å². The van der Waals surface area contributed by atoms with Crippen molar-refractivity contribution in [3.8, 4) is 5.75 Å². The normalized spacial score (nSPS) is 9.81. The molecule has 0 bridgehead atoms. The van der Waals surface area contributed by atoms with Crippen LogP contribution in [0, 0.1) is 5.41 Å². The van der Waals surface area contributed by atoms with Gasteiger partial charge in [-0.25, -0.2) is 0 Å². The number of nitrogen functional groups attached to an aromatic ring is 1. The first kappa shape index (κ1) is 12.0. The van der Waals surface area contributed by atoms with Crippen molar-refractivity contribution in [2.24, 2.45) is 11.5 Å². The number of carbonyl (C=O) groups is 1. The number of amides is 1. The lowest BCUT2D eigenvalue weighted by atomic mass is 10.1. The minimum absolute atomic E-state index is 0.0356. The van der Waals surface area contributed by atoms with Crippen molar-refractivity contribution in [1.82, 2.24) is 0 Å². The Bertz CT molecular complexity index is 416. The van der Waals surface area contributed by atoms with E-state index in [2.05, 4.69) is 0 Å². The average Bonchev–Trinajstić information content (AvgIpc) is 2.20. The van der Waals surface area contributed by atoms with Gasteiger partial charge in [-0.1, -0.05) is 12.1 Å². The zero-order valence-electron chi connectivity index (χ0n) is 9.12. The zero-order chi connectivity index (χ0) is 12.1. The van der Waals surface area contributed by atoms with Crippen molar-refractivity contribution in [3.05, 3.63) is 29.3 Å². The maximum Gasteiger partial charge on any atom is 0.221 e. The molecule has 0 aromatic heterocycles. The highest BCUT2D eigenvalue weighted by atomic mass is 16.5. The molecule has 0 atom stereocenters. The van der Waals surface area contributed by atoms with Crippen LogP contribution in [0.15, 0.2) is 18.2 Å². The highest BCUT2D eigenvalue weighted by Gasteiger charge is 2.08. The van der Waals surface area contributed by atoms with E-state index in [-0.39, 0.29) is 12.3 Å². The smallest absolute Gasteiger partial charge is 0.221 e. The number of ether oxygens (including phenoxy) is 1. The number of carbonyl (C=O) groups excluding carboxylic acids is 1. The first-order valence-corrected chi connectivity index (χ1v) is 4.93. The van der Waals surface area contributed by atoms with Gasteiger partial charge in [0.2, 0.25) is 5.91 Å². The monoisotopic (exact) mass is 221 g/mol. The quantitative estimate of drug-likeness (QED) is 0.495. The van der Waals surface area contributed by atoms with Crippen molar-refractivity contribution in [2.75, 3.05) is 6.61 Å². The Morgan fingerprint density at radius 3 is 2.62 bits per heavy atom. The maximum absolute atomic E-state index is 10.8. The molecule has 5 heteroatoms. The number of rotatable bonds is 5.